The number of halogens is 1. The minimum Gasteiger partial charge on any atom is -0.368 e. The molecule has 0 bridgehead atoms. The fraction of sp³-hybridized carbons (Fsp3) is 0.192. The molecule has 9 nitrogen and oxygen atoms in total. The quantitative estimate of drug-likeness (QED) is 0.304. The minimum atomic E-state index is -0.516. The van der Waals surface area contributed by atoms with E-state index >= 15 is 0 Å². The Morgan fingerprint density at radius 3 is 2.28 bits per heavy atom. The monoisotopic (exact) mass is 503 g/mol. The first-order valence-corrected chi connectivity index (χ1v) is 11.8. The standard InChI is InChI=1S/C26H22ClN5O4/c1-17(33)29-12-14-30(15-13-29)20-10-11-23(32(35)36)24(16-20)31-26(34)22-5-3-2-4-21(22)25(28-31)18-6-8-19(27)9-7-18/h2-11,16H,12-15H2,1H3. The highest BCUT2D eigenvalue weighted by Gasteiger charge is 2.24. The summed E-state index contributed by atoms with van der Waals surface area (Å²) in [4.78, 5) is 40.5. The SMILES string of the molecule is CC(=O)N1CCN(c2ccc([N+](=O)[O-])c(-n3nc(-c4ccc(Cl)cc4)c4ccccc4c3=O)c2)CC1. The minimum absolute atomic E-state index is 0.0145. The smallest absolute Gasteiger partial charge is 0.295 e. The largest absolute Gasteiger partial charge is 0.368 e. The van der Waals surface area contributed by atoms with Crippen molar-refractivity contribution in [1.29, 1.82) is 0 Å². The Balaban J connectivity index is 1.68. The molecular weight excluding hydrogens is 482 g/mol. The Kier molecular flexibility index (Phi) is 6.15. The summed E-state index contributed by atoms with van der Waals surface area (Å²) in [6.07, 6.45) is 0. The highest BCUT2D eigenvalue weighted by molar-refractivity contribution is 6.30. The van der Waals surface area contributed by atoms with Gasteiger partial charge in [0.2, 0.25) is 5.91 Å². The van der Waals surface area contributed by atoms with Crippen molar-refractivity contribution in [2.75, 3.05) is 31.1 Å². The molecule has 182 valence electrons. The van der Waals surface area contributed by atoms with Crippen molar-refractivity contribution in [3.63, 3.8) is 0 Å². The fourth-order valence-electron chi connectivity index (χ4n) is 4.49. The van der Waals surface area contributed by atoms with Crippen LogP contribution in [0.4, 0.5) is 11.4 Å². The average Bonchev–Trinajstić information content (AvgIpc) is 2.89. The van der Waals surface area contributed by atoms with Gasteiger partial charge in [0.1, 0.15) is 5.69 Å². The van der Waals surface area contributed by atoms with Gasteiger partial charge in [-0.2, -0.15) is 9.78 Å². The number of piperazine rings is 1. The lowest BCUT2D eigenvalue weighted by Gasteiger charge is -2.35. The van der Waals surface area contributed by atoms with Crippen molar-refractivity contribution < 1.29 is 9.72 Å². The molecule has 1 fully saturated rings. The Bertz CT molecular complexity index is 1540. The molecule has 1 aliphatic heterocycles. The van der Waals surface area contributed by atoms with E-state index in [1.165, 1.54) is 13.0 Å². The molecule has 5 rings (SSSR count). The maximum absolute atomic E-state index is 13.5. The first-order valence-electron chi connectivity index (χ1n) is 11.4. The van der Waals surface area contributed by atoms with Crippen LogP contribution < -0.4 is 10.5 Å². The summed E-state index contributed by atoms with van der Waals surface area (Å²) >= 11 is 6.07. The zero-order valence-corrected chi connectivity index (χ0v) is 20.2. The Morgan fingerprint density at radius 1 is 0.972 bits per heavy atom. The van der Waals surface area contributed by atoms with E-state index in [2.05, 4.69) is 5.10 Å². The van der Waals surface area contributed by atoms with E-state index in [0.717, 1.165) is 10.2 Å². The topological polar surface area (TPSA) is 102 Å². The van der Waals surface area contributed by atoms with Crippen LogP contribution in [-0.4, -0.2) is 51.7 Å². The van der Waals surface area contributed by atoms with E-state index in [-0.39, 0.29) is 17.3 Å². The van der Waals surface area contributed by atoms with Gasteiger partial charge in [0, 0.05) is 60.8 Å². The van der Waals surface area contributed by atoms with Crippen molar-refractivity contribution in [2.45, 2.75) is 6.92 Å². The number of carbonyl (C=O) groups is 1. The molecule has 0 saturated carbocycles. The van der Waals surface area contributed by atoms with Crippen molar-refractivity contribution in [1.82, 2.24) is 14.7 Å². The summed E-state index contributed by atoms with van der Waals surface area (Å²) in [5.41, 5.74) is 1.35. The summed E-state index contributed by atoms with van der Waals surface area (Å²) in [6.45, 7) is 3.79. The van der Waals surface area contributed by atoms with Crippen molar-refractivity contribution >= 4 is 39.7 Å². The lowest BCUT2D eigenvalue weighted by atomic mass is 10.0. The van der Waals surface area contributed by atoms with Crippen LogP contribution in [-0.2, 0) is 4.79 Å². The van der Waals surface area contributed by atoms with Gasteiger partial charge in [-0.1, -0.05) is 41.9 Å². The second-order valence-corrected chi connectivity index (χ2v) is 8.98. The number of nitrogens with zero attached hydrogens (tertiary/aromatic N) is 5. The number of benzene rings is 3. The first kappa shape index (κ1) is 23.5. The van der Waals surface area contributed by atoms with Crippen LogP contribution in [0.15, 0.2) is 71.5 Å². The Labute approximate surface area is 211 Å². The van der Waals surface area contributed by atoms with E-state index in [1.54, 1.807) is 59.5 Å². The number of rotatable bonds is 4. The van der Waals surface area contributed by atoms with Crippen molar-refractivity contribution in [3.8, 4) is 16.9 Å². The average molecular weight is 504 g/mol. The molecule has 1 saturated heterocycles. The molecule has 0 aliphatic carbocycles. The number of anilines is 1. The molecule has 0 spiro atoms. The van der Waals surface area contributed by atoms with Gasteiger partial charge >= 0.3 is 0 Å². The number of nitro benzene ring substituents is 1. The number of nitro groups is 1. The van der Waals surface area contributed by atoms with E-state index in [1.807, 2.05) is 11.0 Å². The maximum Gasteiger partial charge on any atom is 0.295 e. The second kappa shape index (κ2) is 9.43. The predicted octanol–water partition coefficient (Wildman–Crippen LogP) is 4.28. The van der Waals surface area contributed by atoms with Crippen LogP contribution in [0.1, 0.15) is 6.92 Å². The van der Waals surface area contributed by atoms with Gasteiger partial charge < -0.3 is 9.80 Å². The first-order chi connectivity index (χ1) is 17.3. The summed E-state index contributed by atoms with van der Waals surface area (Å²) in [5, 5.41) is 18.2. The number of hydrogen-bond acceptors (Lipinski definition) is 6. The second-order valence-electron chi connectivity index (χ2n) is 8.54. The molecule has 0 radical (unpaired) electrons. The Morgan fingerprint density at radius 2 is 1.64 bits per heavy atom. The van der Waals surface area contributed by atoms with Crippen molar-refractivity contribution in [3.05, 3.63) is 92.2 Å². The van der Waals surface area contributed by atoms with Crippen molar-refractivity contribution in [2.24, 2.45) is 0 Å². The van der Waals surface area contributed by atoms with E-state index in [4.69, 9.17) is 11.6 Å². The molecule has 10 heteroatoms. The van der Waals surface area contributed by atoms with E-state index < -0.39 is 10.5 Å². The number of amides is 1. The molecule has 0 unspecified atom stereocenters. The summed E-state index contributed by atoms with van der Waals surface area (Å²) in [7, 11) is 0. The molecule has 4 aromatic rings. The molecule has 3 aromatic carbocycles. The summed E-state index contributed by atoms with van der Waals surface area (Å²) in [5.74, 6) is 0.0145. The summed E-state index contributed by atoms with van der Waals surface area (Å²) < 4.78 is 1.11. The molecule has 1 aromatic heterocycles. The lowest BCUT2D eigenvalue weighted by molar-refractivity contribution is -0.384. The van der Waals surface area contributed by atoms with Crippen LogP contribution >= 0.6 is 11.6 Å². The number of hydrogen-bond donors (Lipinski definition) is 0. The predicted molar refractivity (Wildman–Crippen MR) is 139 cm³/mol. The van der Waals surface area contributed by atoms with E-state index in [9.17, 15) is 19.7 Å². The third-order valence-electron chi connectivity index (χ3n) is 6.40. The van der Waals surface area contributed by atoms with Crippen LogP contribution in [0.2, 0.25) is 5.02 Å². The normalized spacial score (nSPS) is 13.7. The highest BCUT2D eigenvalue weighted by Crippen LogP contribution is 2.31. The number of fused-ring (bicyclic) bond motifs is 1. The third kappa shape index (κ3) is 4.29. The van der Waals surface area contributed by atoms with Crippen LogP contribution in [0, 0.1) is 10.1 Å². The Hall–Kier alpha value is -4.24. The number of carbonyl (C=O) groups excluding carboxylic acids is 1. The molecule has 1 aliphatic rings. The summed E-state index contributed by atoms with van der Waals surface area (Å²) in [6, 6.07) is 18.8. The lowest BCUT2D eigenvalue weighted by Crippen LogP contribution is -2.48. The molecular formula is C26H22ClN5O4. The maximum atomic E-state index is 13.5. The van der Waals surface area contributed by atoms with Gasteiger partial charge in [-0.05, 0) is 30.3 Å². The molecule has 0 N–H and O–H groups in total. The van der Waals surface area contributed by atoms with Crippen LogP contribution in [0.3, 0.4) is 0 Å². The van der Waals surface area contributed by atoms with Gasteiger partial charge in [0.05, 0.1) is 16.0 Å². The van der Waals surface area contributed by atoms with Crippen LogP contribution in [0.25, 0.3) is 27.7 Å². The molecule has 36 heavy (non-hydrogen) atoms. The van der Waals surface area contributed by atoms with Crippen LogP contribution in [0.5, 0.6) is 0 Å². The van der Waals surface area contributed by atoms with Gasteiger partial charge in [-0.25, -0.2) is 0 Å². The molecule has 0 atom stereocenters. The van der Waals surface area contributed by atoms with Gasteiger partial charge in [-0.3, -0.25) is 19.7 Å². The van der Waals surface area contributed by atoms with E-state index in [0.29, 0.717) is 53.4 Å². The molecule has 1 amide bonds. The van der Waals surface area contributed by atoms with Gasteiger partial charge in [0.15, 0.2) is 0 Å². The third-order valence-corrected chi connectivity index (χ3v) is 6.65. The van der Waals surface area contributed by atoms with Gasteiger partial charge in [-0.15, -0.1) is 0 Å². The van der Waals surface area contributed by atoms with Gasteiger partial charge in [0.25, 0.3) is 11.2 Å². The highest BCUT2D eigenvalue weighted by atomic mass is 35.5. The molecule has 2 heterocycles. The zero-order chi connectivity index (χ0) is 25.4. The number of aromatic nitrogens is 2. The zero-order valence-electron chi connectivity index (χ0n) is 19.4. The fourth-order valence-corrected chi connectivity index (χ4v) is 4.61.